The van der Waals surface area contributed by atoms with Crippen LogP contribution in [-0.2, 0) is 0 Å². The molecule has 1 aromatic rings. The molecule has 0 amide bonds. The van der Waals surface area contributed by atoms with Crippen LogP contribution < -0.4 is 0 Å². The highest BCUT2D eigenvalue weighted by atomic mass is 14.0. The standard InChI is InChI=1S/C13H15/c1-4-5-6-7-13-10-11(2)8-9-12(13)3/h4-10H,1H2,2-3H3. The Morgan fingerprint density at radius 3 is 2.62 bits per heavy atom. The third kappa shape index (κ3) is 2.90. The highest BCUT2D eigenvalue weighted by Crippen LogP contribution is 2.12. The van der Waals surface area contributed by atoms with Crippen LogP contribution in [0.2, 0.25) is 0 Å². The largest absolute Gasteiger partial charge is 0.0842 e. The molecule has 1 aromatic carbocycles. The van der Waals surface area contributed by atoms with Gasteiger partial charge in [0.05, 0.1) is 0 Å². The van der Waals surface area contributed by atoms with Gasteiger partial charge in [0.2, 0.25) is 0 Å². The van der Waals surface area contributed by atoms with Crippen LogP contribution in [-0.4, -0.2) is 0 Å². The normalized spacial score (nSPS) is 11.6. The summed E-state index contributed by atoms with van der Waals surface area (Å²) in [7, 11) is 0. The maximum Gasteiger partial charge on any atom is -0.0225 e. The van der Waals surface area contributed by atoms with Crippen molar-refractivity contribution in [2.75, 3.05) is 0 Å². The van der Waals surface area contributed by atoms with E-state index < -0.39 is 0 Å². The highest BCUT2D eigenvalue weighted by molar-refractivity contribution is 5.55. The first-order valence-electron chi connectivity index (χ1n) is 4.43. The van der Waals surface area contributed by atoms with E-state index in [1.807, 2.05) is 12.2 Å². The zero-order chi connectivity index (χ0) is 9.68. The molecule has 0 atom stereocenters. The van der Waals surface area contributed by atoms with Gasteiger partial charge in [-0.1, -0.05) is 48.1 Å². The molecule has 67 valence electrons. The second kappa shape index (κ2) is 4.66. The van der Waals surface area contributed by atoms with E-state index >= 15 is 0 Å². The van der Waals surface area contributed by atoms with Crippen LogP contribution in [0.5, 0.6) is 0 Å². The zero-order valence-electron chi connectivity index (χ0n) is 8.25. The van der Waals surface area contributed by atoms with Crippen molar-refractivity contribution in [1.82, 2.24) is 0 Å². The lowest BCUT2D eigenvalue weighted by Crippen LogP contribution is -1.81. The third-order valence-corrected chi connectivity index (χ3v) is 1.96. The molecule has 0 heteroatoms. The average Bonchev–Trinajstić information content (AvgIpc) is 2.11. The van der Waals surface area contributed by atoms with E-state index in [9.17, 15) is 0 Å². The SMILES string of the molecule is [CH2]C=CC=Cc1cc(C)ccc1C. The molecule has 0 N–H and O–H groups in total. The second-order valence-electron chi connectivity index (χ2n) is 3.15. The molecule has 1 rings (SSSR count). The maximum atomic E-state index is 3.63. The number of benzene rings is 1. The van der Waals surface area contributed by atoms with Crippen molar-refractivity contribution in [1.29, 1.82) is 0 Å². The first-order chi connectivity index (χ1) is 6.24. The van der Waals surface area contributed by atoms with E-state index in [1.54, 1.807) is 6.08 Å². The Morgan fingerprint density at radius 2 is 1.92 bits per heavy atom. The molecule has 0 bridgehead atoms. The van der Waals surface area contributed by atoms with E-state index in [0.29, 0.717) is 0 Å². The van der Waals surface area contributed by atoms with Crippen molar-refractivity contribution in [3.63, 3.8) is 0 Å². The second-order valence-corrected chi connectivity index (χ2v) is 3.15. The molecule has 0 heterocycles. The Hall–Kier alpha value is -1.30. The summed E-state index contributed by atoms with van der Waals surface area (Å²) in [4.78, 5) is 0. The molecule has 0 aliphatic heterocycles. The van der Waals surface area contributed by atoms with Crippen molar-refractivity contribution in [3.05, 3.63) is 60.0 Å². The summed E-state index contributed by atoms with van der Waals surface area (Å²) in [6.45, 7) is 7.85. The van der Waals surface area contributed by atoms with Crippen LogP contribution in [0.3, 0.4) is 0 Å². The molecular formula is C13H15. The van der Waals surface area contributed by atoms with E-state index in [0.717, 1.165) is 0 Å². The molecule has 0 spiro atoms. The quantitative estimate of drug-likeness (QED) is 0.595. The fourth-order valence-corrected chi connectivity index (χ4v) is 1.18. The monoisotopic (exact) mass is 171 g/mol. The predicted molar refractivity (Wildman–Crippen MR) is 59.4 cm³/mol. The van der Waals surface area contributed by atoms with Gasteiger partial charge >= 0.3 is 0 Å². The van der Waals surface area contributed by atoms with Gasteiger partial charge in [-0.3, -0.25) is 0 Å². The molecule has 0 aliphatic carbocycles. The van der Waals surface area contributed by atoms with Gasteiger partial charge in [0.25, 0.3) is 0 Å². The molecule has 0 fully saturated rings. The minimum atomic E-state index is 1.28. The zero-order valence-corrected chi connectivity index (χ0v) is 8.25. The van der Waals surface area contributed by atoms with Crippen molar-refractivity contribution >= 4 is 6.08 Å². The third-order valence-electron chi connectivity index (χ3n) is 1.96. The first-order valence-corrected chi connectivity index (χ1v) is 4.43. The van der Waals surface area contributed by atoms with Crippen LogP contribution in [0.15, 0.2) is 36.4 Å². The van der Waals surface area contributed by atoms with Crippen LogP contribution in [0.1, 0.15) is 16.7 Å². The molecule has 1 radical (unpaired) electrons. The van der Waals surface area contributed by atoms with E-state index in [-0.39, 0.29) is 0 Å². The van der Waals surface area contributed by atoms with E-state index in [1.165, 1.54) is 16.7 Å². The summed E-state index contributed by atoms with van der Waals surface area (Å²) in [5.41, 5.74) is 3.88. The smallest absolute Gasteiger partial charge is 0.0225 e. The molecule has 0 unspecified atom stereocenters. The summed E-state index contributed by atoms with van der Waals surface area (Å²) in [5.74, 6) is 0. The molecule has 13 heavy (non-hydrogen) atoms. The predicted octanol–water partition coefficient (Wildman–Crippen LogP) is 3.71. The van der Waals surface area contributed by atoms with Crippen molar-refractivity contribution in [2.45, 2.75) is 13.8 Å². The van der Waals surface area contributed by atoms with Gasteiger partial charge in [-0.05, 0) is 31.9 Å². The van der Waals surface area contributed by atoms with Gasteiger partial charge in [0, 0.05) is 0 Å². The fourth-order valence-electron chi connectivity index (χ4n) is 1.18. The Balaban J connectivity index is 2.93. The van der Waals surface area contributed by atoms with Crippen LogP contribution >= 0.6 is 0 Å². The topological polar surface area (TPSA) is 0 Å². The average molecular weight is 171 g/mol. The minimum absolute atomic E-state index is 1.28. The molecule has 0 aromatic heterocycles. The molecule has 0 nitrogen and oxygen atoms in total. The lowest BCUT2D eigenvalue weighted by molar-refractivity contribution is 1.38. The summed E-state index contributed by atoms with van der Waals surface area (Å²) >= 11 is 0. The number of hydrogen-bond donors (Lipinski definition) is 0. The Bertz CT molecular complexity index is 330. The van der Waals surface area contributed by atoms with Crippen LogP contribution in [0.25, 0.3) is 6.08 Å². The van der Waals surface area contributed by atoms with Crippen molar-refractivity contribution in [3.8, 4) is 0 Å². The first kappa shape index (κ1) is 9.79. The van der Waals surface area contributed by atoms with Gasteiger partial charge in [0.1, 0.15) is 0 Å². The molecule has 0 aliphatic rings. The summed E-state index contributed by atoms with van der Waals surface area (Å²) in [6.07, 6.45) is 7.82. The summed E-state index contributed by atoms with van der Waals surface area (Å²) in [5, 5.41) is 0. The van der Waals surface area contributed by atoms with Crippen molar-refractivity contribution < 1.29 is 0 Å². The molecule has 0 saturated heterocycles. The number of allylic oxidation sites excluding steroid dienone is 3. The van der Waals surface area contributed by atoms with E-state index in [4.69, 9.17) is 0 Å². The van der Waals surface area contributed by atoms with Crippen LogP contribution in [0, 0.1) is 20.8 Å². The maximum absolute atomic E-state index is 3.63. The summed E-state index contributed by atoms with van der Waals surface area (Å²) in [6, 6.07) is 6.45. The minimum Gasteiger partial charge on any atom is -0.0842 e. The van der Waals surface area contributed by atoms with E-state index in [2.05, 4.69) is 45.0 Å². The Morgan fingerprint density at radius 1 is 1.15 bits per heavy atom. The number of rotatable bonds is 2. The lowest BCUT2D eigenvalue weighted by atomic mass is 10.1. The van der Waals surface area contributed by atoms with Crippen LogP contribution in [0.4, 0.5) is 0 Å². The van der Waals surface area contributed by atoms with Gasteiger partial charge in [-0.15, -0.1) is 0 Å². The molecule has 0 saturated carbocycles. The summed E-state index contributed by atoms with van der Waals surface area (Å²) < 4.78 is 0. The Kier molecular flexibility index (Phi) is 3.51. The number of hydrogen-bond acceptors (Lipinski definition) is 0. The van der Waals surface area contributed by atoms with Crippen molar-refractivity contribution in [2.24, 2.45) is 0 Å². The van der Waals surface area contributed by atoms with Gasteiger partial charge in [0.15, 0.2) is 0 Å². The lowest BCUT2D eigenvalue weighted by Gasteiger charge is -2.00. The van der Waals surface area contributed by atoms with Gasteiger partial charge in [-0.25, -0.2) is 0 Å². The highest BCUT2D eigenvalue weighted by Gasteiger charge is 1.92. The van der Waals surface area contributed by atoms with Gasteiger partial charge < -0.3 is 0 Å². The Labute approximate surface area is 80.6 Å². The number of aryl methyl sites for hydroxylation is 2. The molecular weight excluding hydrogens is 156 g/mol. The fraction of sp³-hybridized carbons (Fsp3) is 0.154. The van der Waals surface area contributed by atoms with Gasteiger partial charge in [-0.2, -0.15) is 0 Å².